The van der Waals surface area contributed by atoms with Crippen LogP contribution in [0.1, 0.15) is 5.69 Å². The first kappa shape index (κ1) is 9.74. The van der Waals surface area contributed by atoms with Gasteiger partial charge in [0.2, 0.25) is 5.89 Å². The molecule has 0 atom stereocenters. The summed E-state index contributed by atoms with van der Waals surface area (Å²) in [4.78, 5) is 4.23. The number of benzene rings is 1. The number of rotatable bonds is 2. The van der Waals surface area contributed by atoms with E-state index in [1.807, 2.05) is 24.3 Å². The fourth-order valence-electron chi connectivity index (χ4n) is 1.13. The van der Waals surface area contributed by atoms with Gasteiger partial charge in [0.05, 0.1) is 17.1 Å². The van der Waals surface area contributed by atoms with Gasteiger partial charge < -0.3 is 4.42 Å². The van der Waals surface area contributed by atoms with E-state index < -0.39 is 0 Å². The summed E-state index contributed by atoms with van der Waals surface area (Å²) in [6.45, 7) is 0. The molecule has 4 heteroatoms. The third-order valence-electron chi connectivity index (χ3n) is 1.79. The van der Waals surface area contributed by atoms with Crippen LogP contribution < -0.4 is 0 Å². The zero-order chi connectivity index (χ0) is 9.97. The first-order valence-corrected chi connectivity index (χ1v) is 5.39. The lowest BCUT2D eigenvalue weighted by Gasteiger charge is -1.97. The molecule has 2 nitrogen and oxygen atoms in total. The fourth-order valence-corrected chi connectivity index (χ4v) is 1.70. The predicted molar refractivity (Wildman–Crippen MR) is 59.2 cm³/mol. The monoisotopic (exact) mass is 271 g/mol. The van der Waals surface area contributed by atoms with Crippen molar-refractivity contribution in [1.82, 2.24) is 4.98 Å². The highest BCUT2D eigenvalue weighted by atomic mass is 79.9. The van der Waals surface area contributed by atoms with Crippen LogP contribution in [0.5, 0.6) is 0 Å². The molecule has 0 radical (unpaired) electrons. The lowest BCUT2D eigenvalue weighted by Crippen LogP contribution is -1.80. The maximum absolute atomic E-state index is 5.63. The summed E-state index contributed by atoms with van der Waals surface area (Å²) in [6, 6.07) is 7.76. The first-order valence-electron chi connectivity index (χ1n) is 4.06. The summed E-state index contributed by atoms with van der Waals surface area (Å²) in [7, 11) is 0. The molecule has 0 aliphatic rings. The molecule has 0 aliphatic heterocycles. The van der Waals surface area contributed by atoms with Crippen LogP contribution in [0.2, 0.25) is 0 Å². The fraction of sp³-hybridized carbons (Fsp3) is 0.100. The van der Waals surface area contributed by atoms with Gasteiger partial charge in [0.15, 0.2) is 0 Å². The van der Waals surface area contributed by atoms with Crippen molar-refractivity contribution >= 4 is 27.5 Å². The third-order valence-corrected chi connectivity index (χ3v) is 2.76. The lowest BCUT2D eigenvalue weighted by molar-refractivity contribution is 0.573. The van der Waals surface area contributed by atoms with Crippen molar-refractivity contribution in [2.45, 2.75) is 5.88 Å². The van der Waals surface area contributed by atoms with E-state index >= 15 is 0 Å². The normalized spacial score (nSPS) is 10.4. The Bertz CT molecular complexity index is 441. The maximum Gasteiger partial charge on any atom is 0.227 e. The van der Waals surface area contributed by atoms with Crippen molar-refractivity contribution in [2.75, 3.05) is 0 Å². The van der Waals surface area contributed by atoms with E-state index in [1.54, 1.807) is 6.26 Å². The number of halogens is 2. The first-order chi connectivity index (χ1) is 6.81. The summed E-state index contributed by atoms with van der Waals surface area (Å²) in [5.74, 6) is 0.960. The van der Waals surface area contributed by atoms with Crippen LogP contribution >= 0.6 is 27.5 Å². The van der Waals surface area contributed by atoms with Gasteiger partial charge in [0, 0.05) is 4.47 Å². The van der Waals surface area contributed by atoms with Crippen LogP contribution in [-0.2, 0) is 5.88 Å². The molecule has 14 heavy (non-hydrogen) atoms. The standard InChI is InChI=1S/C10H7BrClNO/c11-9-4-2-1-3-8(9)10-13-7(5-12)6-14-10/h1-4,6H,5H2. The summed E-state index contributed by atoms with van der Waals surface area (Å²) < 4.78 is 6.26. The average molecular weight is 273 g/mol. The maximum atomic E-state index is 5.63. The van der Waals surface area contributed by atoms with Gasteiger partial charge >= 0.3 is 0 Å². The zero-order valence-electron chi connectivity index (χ0n) is 7.21. The van der Waals surface area contributed by atoms with Gasteiger partial charge in [0.1, 0.15) is 6.26 Å². The Morgan fingerprint density at radius 2 is 2.14 bits per heavy atom. The average Bonchev–Trinajstić information content (AvgIpc) is 2.67. The minimum atomic E-state index is 0.369. The van der Waals surface area contributed by atoms with Crippen LogP contribution in [0.25, 0.3) is 11.5 Å². The highest BCUT2D eigenvalue weighted by Crippen LogP contribution is 2.27. The van der Waals surface area contributed by atoms with Crippen molar-refractivity contribution in [3.8, 4) is 11.5 Å². The molecular formula is C10H7BrClNO. The van der Waals surface area contributed by atoms with Gasteiger partial charge in [-0.15, -0.1) is 11.6 Å². The molecule has 0 fully saturated rings. The molecule has 0 unspecified atom stereocenters. The molecule has 0 saturated heterocycles. The van der Waals surface area contributed by atoms with Gasteiger partial charge in [-0.2, -0.15) is 0 Å². The zero-order valence-corrected chi connectivity index (χ0v) is 9.55. The number of nitrogens with zero attached hydrogens (tertiary/aromatic N) is 1. The van der Waals surface area contributed by atoms with Crippen molar-refractivity contribution in [3.63, 3.8) is 0 Å². The van der Waals surface area contributed by atoms with Crippen molar-refractivity contribution < 1.29 is 4.42 Å². The minimum Gasteiger partial charge on any atom is -0.444 e. The van der Waals surface area contributed by atoms with Gasteiger partial charge in [-0.1, -0.05) is 12.1 Å². The Hall–Kier alpha value is -0.800. The number of hydrogen-bond acceptors (Lipinski definition) is 2. The second kappa shape index (κ2) is 4.15. The van der Waals surface area contributed by atoms with E-state index in [0.29, 0.717) is 11.8 Å². The van der Waals surface area contributed by atoms with Crippen molar-refractivity contribution in [2.24, 2.45) is 0 Å². The Kier molecular flexibility index (Phi) is 2.89. The third kappa shape index (κ3) is 1.83. The van der Waals surface area contributed by atoms with E-state index in [-0.39, 0.29) is 0 Å². The van der Waals surface area contributed by atoms with Gasteiger partial charge in [-0.05, 0) is 28.1 Å². The number of aromatic nitrogens is 1. The minimum absolute atomic E-state index is 0.369. The summed E-state index contributed by atoms with van der Waals surface area (Å²) in [6.07, 6.45) is 1.57. The molecule has 2 rings (SSSR count). The molecule has 0 saturated carbocycles. The summed E-state index contributed by atoms with van der Waals surface area (Å²) in [5.41, 5.74) is 1.68. The quantitative estimate of drug-likeness (QED) is 0.776. The second-order valence-corrected chi connectivity index (χ2v) is 3.88. The molecule has 0 amide bonds. The van der Waals surface area contributed by atoms with Crippen LogP contribution in [-0.4, -0.2) is 4.98 Å². The largest absolute Gasteiger partial charge is 0.444 e. The van der Waals surface area contributed by atoms with Crippen molar-refractivity contribution in [1.29, 1.82) is 0 Å². The lowest BCUT2D eigenvalue weighted by atomic mass is 10.2. The van der Waals surface area contributed by atoms with Gasteiger partial charge in [0.25, 0.3) is 0 Å². The molecule has 1 heterocycles. The Balaban J connectivity index is 2.44. The van der Waals surface area contributed by atoms with Crippen LogP contribution in [0.4, 0.5) is 0 Å². The number of alkyl halides is 1. The van der Waals surface area contributed by atoms with Gasteiger partial charge in [-0.25, -0.2) is 4.98 Å². The van der Waals surface area contributed by atoms with E-state index in [1.165, 1.54) is 0 Å². The number of oxazole rings is 1. The molecule has 0 bridgehead atoms. The Morgan fingerprint density at radius 3 is 2.79 bits per heavy atom. The van der Waals surface area contributed by atoms with E-state index in [9.17, 15) is 0 Å². The molecule has 0 aliphatic carbocycles. The van der Waals surface area contributed by atoms with E-state index in [2.05, 4.69) is 20.9 Å². The molecule has 1 aromatic heterocycles. The van der Waals surface area contributed by atoms with Crippen molar-refractivity contribution in [3.05, 3.63) is 40.7 Å². The van der Waals surface area contributed by atoms with Crippen LogP contribution in [0.15, 0.2) is 39.4 Å². The van der Waals surface area contributed by atoms with E-state index in [4.69, 9.17) is 16.0 Å². The predicted octanol–water partition coefficient (Wildman–Crippen LogP) is 3.84. The number of hydrogen-bond donors (Lipinski definition) is 0. The van der Waals surface area contributed by atoms with E-state index in [0.717, 1.165) is 15.7 Å². The molecule has 72 valence electrons. The van der Waals surface area contributed by atoms with Crippen LogP contribution in [0, 0.1) is 0 Å². The van der Waals surface area contributed by atoms with Crippen LogP contribution in [0.3, 0.4) is 0 Å². The second-order valence-electron chi connectivity index (χ2n) is 2.76. The smallest absolute Gasteiger partial charge is 0.227 e. The topological polar surface area (TPSA) is 26.0 Å². The Morgan fingerprint density at radius 1 is 1.36 bits per heavy atom. The molecular weight excluding hydrogens is 265 g/mol. The molecule has 0 spiro atoms. The highest BCUT2D eigenvalue weighted by molar-refractivity contribution is 9.10. The van der Waals surface area contributed by atoms with Gasteiger partial charge in [-0.3, -0.25) is 0 Å². The highest BCUT2D eigenvalue weighted by Gasteiger charge is 2.08. The molecule has 0 N–H and O–H groups in total. The molecule has 2 aromatic rings. The summed E-state index contributed by atoms with van der Waals surface area (Å²) >= 11 is 9.06. The molecule has 1 aromatic carbocycles. The Labute approximate surface area is 95.0 Å². The summed E-state index contributed by atoms with van der Waals surface area (Å²) in [5, 5.41) is 0. The SMILES string of the molecule is ClCc1coc(-c2ccccc2Br)n1.